The summed E-state index contributed by atoms with van der Waals surface area (Å²) in [7, 11) is 1.61. The number of pyridine rings is 1. The van der Waals surface area contributed by atoms with Gasteiger partial charge >= 0.3 is 0 Å². The van der Waals surface area contributed by atoms with Gasteiger partial charge in [-0.2, -0.15) is 5.26 Å². The van der Waals surface area contributed by atoms with E-state index in [2.05, 4.69) is 11.2 Å². The van der Waals surface area contributed by atoms with Crippen LogP contribution in [0.1, 0.15) is 5.56 Å². The number of nitrogens with zero attached hydrogens (tertiary/aromatic N) is 3. The molecule has 0 amide bonds. The highest BCUT2D eigenvalue weighted by Crippen LogP contribution is 2.35. The van der Waals surface area contributed by atoms with Crippen LogP contribution < -0.4 is 9.47 Å². The van der Waals surface area contributed by atoms with Gasteiger partial charge in [0.25, 0.3) is 0 Å². The van der Waals surface area contributed by atoms with Gasteiger partial charge in [0.15, 0.2) is 6.19 Å². The molecule has 2 aromatic carbocycles. The molecule has 0 spiro atoms. The first-order valence-electron chi connectivity index (χ1n) is 9.38. The van der Waals surface area contributed by atoms with Gasteiger partial charge in [0.05, 0.1) is 32.9 Å². The van der Waals surface area contributed by atoms with Gasteiger partial charge in [-0.05, 0) is 47.5 Å². The molecule has 4 rings (SSSR count). The molecule has 6 heteroatoms. The van der Waals surface area contributed by atoms with E-state index in [-0.39, 0.29) is 6.10 Å². The maximum Gasteiger partial charge on any atom is 0.221 e. The summed E-state index contributed by atoms with van der Waals surface area (Å²) in [5, 5.41) is 8.88. The summed E-state index contributed by atoms with van der Waals surface area (Å²) < 4.78 is 17.5. The first-order chi connectivity index (χ1) is 14.3. The van der Waals surface area contributed by atoms with E-state index in [0.29, 0.717) is 25.6 Å². The van der Waals surface area contributed by atoms with E-state index in [0.717, 1.165) is 28.2 Å². The maximum absolute atomic E-state index is 8.88. The fourth-order valence-electron chi connectivity index (χ4n) is 3.21. The van der Waals surface area contributed by atoms with Gasteiger partial charge in [0.1, 0.15) is 11.5 Å². The van der Waals surface area contributed by atoms with Crippen LogP contribution in [0.25, 0.3) is 11.1 Å². The fourth-order valence-corrected chi connectivity index (χ4v) is 3.21. The van der Waals surface area contributed by atoms with E-state index in [1.165, 1.54) is 0 Å². The van der Waals surface area contributed by atoms with Crippen LogP contribution in [0.4, 0.5) is 0 Å². The Bertz CT molecular complexity index is 1010. The molecule has 1 aliphatic rings. The second kappa shape index (κ2) is 8.63. The largest absolute Gasteiger partial charge is 0.481 e. The predicted molar refractivity (Wildman–Crippen MR) is 109 cm³/mol. The Balaban J connectivity index is 1.62. The maximum atomic E-state index is 8.88. The van der Waals surface area contributed by atoms with Crippen molar-refractivity contribution in [3.05, 3.63) is 72.4 Å². The van der Waals surface area contributed by atoms with Crippen LogP contribution in [-0.4, -0.2) is 36.2 Å². The normalized spacial score (nSPS) is 13.4. The molecule has 0 bridgehead atoms. The third kappa shape index (κ3) is 4.31. The van der Waals surface area contributed by atoms with E-state index in [9.17, 15) is 0 Å². The van der Waals surface area contributed by atoms with Crippen molar-refractivity contribution in [2.45, 2.75) is 12.7 Å². The Morgan fingerprint density at radius 3 is 2.62 bits per heavy atom. The first-order valence-corrected chi connectivity index (χ1v) is 9.38. The molecule has 2 heterocycles. The van der Waals surface area contributed by atoms with Crippen molar-refractivity contribution in [1.82, 2.24) is 9.88 Å². The van der Waals surface area contributed by atoms with Gasteiger partial charge < -0.3 is 19.1 Å². The molecule has 6 nitrogen and oxygen atoms in total. The molecular formula is C23H21N3O3. The minimum Gasteiger partial charge on any atom is -0.481 e. The standard InChI is InChI=1S/C23H21N3O3/c1-27-23-21(8-5-11-25-23)22-12-19(29-18-6-3-2-4-7-18)10-9-17(22)15-28-20-13-26(14-20)16-24/h2-12,20H,13-15H2,1H3. The Labute approximate surface area is 169 Å². The van der Waals surface area contributed by atoms with Gasteiger partial charge in [-0.25, -0.2) is 4.98 Å². The number of benzene rings is 2. The van der Waals surface area contributed by atoms with Crippen molar-refractivity contribution in [3.8, 4) is 34.7 Å². The van der Waals surface area contributed by atoms with Crippen molar-refractivity contribution in [3.63, 3.8) is 0 Å². The van der Waals surface area contributed by atoms with Gasteiger partial charge in [-0.3, -0.25) is 0 Å². The average Bonchev–Trinajstić information content (AvgIpc) is 2.74. The lowest BCUT2D eigenvalue weighted by Gasteiger charge is -2.34. The molecule has 0 saturated carbocycles. The average molecular weight is 387 g/mol. The van der Waals surface area contributed by atoms with Crippen molar-refractivity contribution in [2.75, 3.05) is 20.2 Å². The van der Waals surface area contributed by atoms with E-state index in [4.69, 9.17) is 19.5 Å². The molecule has 1 aromatic heterocycles. The molecular weight excluding hydrogens is 366 g/mol. The van der Waals surface area contributed by atoms with Crippen LogP contribution in [0.3, 0.4) is 0 Å². The zero-order valence-electron chi connectivity index (χ0n) is 16.1. The third-order valence-electron chi connectivity index (χ3n) is 4.78. The van der Waals surface area contributed by atoms with Crippen molar-refractivity contribution >= 4 is 0 Å². The SMILES string of the molecule is COc1ncccc1-c1cc(Oc2ccccc2)ccc1COC1CN(C#N)C1. The number of hydrogen-bond acceptors (Lipinski definition) is 6. The molecule has 1 saturated heterocycles. The highest BCUT2D eigenvalue weighted by molar-refractivity contribution is 5.73. The van der Waals surface area contributed by atoms with E-state index in [1.807, 2.05) is 60.7 Å². The number of rotatable bonds is 7. The number of ether oxygens (including phenoxy) is 3. The number of para-hydroxylation sites is 1. The lowest BCUT2D eigenvalue weighted by Crippen LogP contribution is -2.49. The van der Waals surface area contributed by atoms with Crippen LogP contribution in [0.5, 0.6) is 17.4 Å². The summed E-state index contributed by atoms with van der Waals surface area (Å²) in [6.45, 7) is 1.71. The fraction of sp³-hybridized carbons (Fsp3) is 0.217. The van der Waals surface area contributed by atoms with Crippen molar-refractivity contribution in [2.24, 2.45) is 0 Å². The Morgan fingerprint density at radius 2 is 1.86 bits per heavy atom. The minimum absolute atomic E-state index is 0.0681. The monoisotopic (exact) mass is 387 g/mol. The second-order valence-corrected chi connectivity index (χ2v) is 6.73. The van der Waals surface area contributed by atoms with Gasteiger partial charge in [-0.15, -0.1) is 0 Å². The Hall–Kier alpha value is -3.56. The van der Waals surface area contributed by atoms with Crippen molar-refractivity contribution < 1.29 is 14.2 Å². The van der Waals surface area contributed by atoms with E-state index < -0.39 is 0 Å². The molecule has 0 aliphatic carbocycles. The Kier molecular flexibility index (Phi) is 5.59. The van der Waals surface area contributed by atoms with Gasteiger partial charge in [-0.1, -0.05) is 24.3 Å². The summed E-state index contributed by atoms with van der Waals surface area (Å²) in [5.41, 5.74) is 2.83. The summed E-state index contributed by atoms with van der Waals surface area (Å²) in [5.74, 6) is 2.04. The van der Waals surface area contributed by atoms with Crippen LogP contribution in [-0.2, 0) is 11.3 Å². The number of hydrogen-bond donors (Lipinski definition) is 0. The summed E-state index contributed by atoms with van der Waals surface area (Å²) in [6.07, 6.45) is 3.89. The van der Waals surface area contributed by atoms with Crippen molar-refractivity contribution in [1.29, 1.82) is 5.26 Å². The smallest absolute Gasteiger partial charge is 0.221 e. The third-order valence-corrected chi connectivity index (χ3v) is 4.78. The summed E-state index contributed by atoms with van der Waals surface area (Å²) >= 11 is 0. The highest BCUT2D eigenvalue weighted by atomic mass is 16.5. The van der Waals surface area contributed by atoms with Gasteiger partial charge in [0.2, 0.25) is 5.88 Å². The topological polar surface area (TPSA) is 67.6 Å². The number of aromatic nitrogens is 1. The van der Waals surface area contributed by atoms with Crippen LogP contribution in [0.2, 0.25) is 0 Å². The molecule has 1 fully saturated rings. The highest BCUT2D eigenvalue weighted by Gasteiger charge is 2.26. The minimum atomic E-state index is 0.0681. The second-order valence-electron chi connectivity index (χ2n) is 6.73. The van der Waals surface area contributed by atoms with Crippen LogP contribution in [0.15, 0.2) is 66.9 Å². The molecule has 0 N–H and O–H groups in total. The number of likely N-dealkylation sites (tertiary alicyclic amines) is 1. The lowest BCUT2D eigenvalue weighted by molar-refractivity contribution is -0.0399. The lowest BCUT2D eigenvalue weighted by atomic mass is 10.0. The molecule has 1 aliphatic heterocycles. The predicted octanol–water partition coefficient (Wildman–Crippen LogP) is 4.23. The number of methoxy groups -OCH3 is 1. The molecule has 29 heavy (non-hydrogen) atoms. The molecule has 3 aromatic rings. The zero-order chi connectivity index (χ0) is 20.1. The van der Waals surface area contributed by atoms with Crippen LogP contribution >= 0.6 is 0 Å². The van der Waals surface area contributed by atoms with E-state index in [1.54, 1.807) is 18.2 Å². The van der Waals surface area contributed by atoms with Crippen LogP contribution in [0, 0.1) is 11.5 Å². The van der Waals surface area contributed by atoms with Gasteiger partial charge in [0, 0.05) is 11.8 Å². The summed E-state index contributed by atoms with van der Waals surface area (Å²) in [4.78, 5) is 6.00. The quantitative estimate of drug-likeness (QED) is 0.565. The molecule has 0 atom stereocenters. The molecule has 0 radical (unpaired) electrons. The first kappa shape index (κ1) is 18.8. The molecule has 146 valence electrons. The zero-order valence-corrected chi connectivity index (χ0v) is 16.1. The molecule has 0 unspecified atom stereocenters. The summed E-state index contributed by atoms with van der Waals surface area (Å²) in [6, 6.07) is 19.4. The number of nitriles is 1. The van der Waals surface area contributed by atoms with E-state index >= 15 is 0 Å². The Morgan fingerprint density at radius 1 is 1.03 bits per heavy atom.